The van der Waals surface area contributed by atoms with Crippen LogP contribution in [-0.4, -0.2) is 21.6 Å². The van der Waals surface area contributed by atoms with Gasteiger partial charge in [-0.3, -0.25) is 14.3 Å². The van der Waals surface area contributed by atoms with E-state index in [0.717, 1.165) is 5.56 Å². The molecule has 4 aromatic rings. The van der Waals surface area contributed by atoms with E-state index in [-0.39, 0.29) is 18.1 Å². The van der Waals surface area contributed by atoms with Crippen LogP contribution in [-0.2, 0) is 19.7 Å². The van der Waals surface area contributed by atoms with Gasteiger partial charge in [0.2, 0.25) is 0 Å². The second-order valence-electron chi connectivity index (χ2n) is 7.41. The number of carbonyl (C=O) groups is 2. The van der Waals surface area contributed by atoms with Crippen LogP contribution in [0.1, 0.15) is 39.1 Å². The van der Waals surface area contributed by atoms with Crippen molar-refractivity contribution < 1.29 is 18.7 Å². The number of benzene rings is 2. The van der Waals surface area contributed by atoms with Crippen LogP contribution in [0.5, 0.6) is 5.75 Å². The maximum atomic E-state index is 12.8. The molecule has 2 N–H and O–H groups in total. The first-order chi connectivity index (χ1) is 16.5. The molecule has 34 heavy (non-hydrogen) atoms. The minimum Gasteiger partial charge on any atom is -0.489 e. The SMILES string of the molecule is CCn1cc(NC(=O)c2ccc(COc3cccc(Cl)c3)cc2)c(C(=O)NCc2ccco2)n1. The van der Waals surface area contributed by atoms with E-state index < -0.39 is 5.91 Å². The summed E-state index contributed by atoms with van der Waals surface area (Å²) < 4.78 is 12.6. The normalized spacial score (nSPS) is 10.6. The zero-order valence-electron chi connectivity index (χ0n) is 18.5. The summed E-state index contributed by atoms with van der Waals surface area (Å²) >= 11 is 5.97. The number of nitrogens with one attached hydrogen (secondary N) is 2. The Balaban J connectivity index is 1.39. The third-order valence-corrected chi connectivity index (χ3v) is 5.21. The Hall–Kier alpha value is -4.04. The van der Waals surface area contributed by atoms with E-state index in [2.05, 4.69) is 15.7 Å². The number of anilines is 1. The highest BCUT2D eigenvalue weighted by Crippen LogP contribution is 2.19. The second-order valence-corrected chi connectivity index (χ2v) is 7.84. The summed E-state index contributed by atoms with van der Waals surface area (Å²) in [6.45, 7) is 3.01. The van der Waals surface area contributed by atoms with Gasteiger partial charge >= 0.3 is 0 Å². The van der Waals surface area contributed by atoms with Crippen molar-refractivity contribution in [1.82, 2.24) is 15.1 Å². The van der Waals surface area contributed by atoms with Gasteiger partial charge in [-0.15, -0.1) is 0 Å². The van der Waals surface area contributed by atoms with Gasteiger partial charge in [0.05, 0.1) is 18.5 Å². The molecule has 2 aromatic heterocycles. The third-order valence-electron chi connectivity index (χ3n) is 4.97. The van der Waals surface area contributed by atoms with Crippen molar-refractivity contribution in [2.75, 3.05) is 5.32 Å². The van der Waals surface area contributed by atoms with Crippen molar-refractivity contribution >= 4 is 29.1 Å². The van der Waals surface area contributed by atoms with Crippen LogP contribution < -0.4 is 15.4 Å². The van der Waals surface area contributed by atoms with Gasteiger partial charge < -0.3 is 19.8 Å². The summed E-state index contributed by atoms with van der Waals surface area (Å²) in [5, 5.41) is 10.4. The molecule has 0 spiro atoms. The zero-order chi connectivity index (χ0) is 23.9. The molecular formula is C25H23ClN4O4. The standard InChI is InChI=1S/C25H23ClN4O4/c1-2-30-15-22(23(29-30)25(32)27-14-21-7-4-12-33-21)28-24(31)18-10-8-17(9-11-18)16-34-20-6-3-5-19(26)13-20/h3-13,15H,2,14,16H2,1H3,(H,27,32)(H,28,31). The van der Waals surface area contributed by atoms with Crippen LogP contribution in [0.15, 0.2) is 77.5 Å². The smallest absolute Gasteiger partial charge is 0.274 e. The molecule has 174 valence electrons. The van der Waals surface area contributed by atoms with Gasteiger partial charge in [0.25, 0.3) is 11.8 Å². The van der Waals surface area contributed by atoms with Crippen LogP contribution in [0.25, 0.3) is 0 Å². The maximum absolute atomic E-state index is 12.8. The Morgan fingerprint density at radius 2 is 1.91 bits per heavy atom. The van der Waals surface area contributed by atoms with Gasteiger partial charge in [0.15, 0.2) is 5.69 Å². The lowest BCUT2D eigenvalue weighted by atomic mass is 10.1. The number of hydrogen-bond acceptors (Lipinski definition) is 5. The molecule has 0 aliphatic heterocycles. The number of furan rings is 1. The molecule has 4 rings (SSSR count). The molecule has 0 unspecified atom stereocenters. The van der Waals surface area contributed by atoms with E-state index in [1.165, 1.54) is 6.26 Å². The number of hydrogen-bond donors (Lipinski definition) is 2. The summed E-state index contributed by atoms with van der Waals surface area (Å²) in [4.78, 5) is 25.5. The van der Waals surface area contributed by atoms with Gasteiger partial charge in [-0.25, -0.2) is 0 Å². The molecule has 0 fully saturated rings. The predicted molar refractivity (Wildman–Crippen MR) is 128 cm³/mol. The summed E-state index contributed by atoms with van der Waals surface area (Å²) in [7, 11) is 0. The van der Waals surface area contributed by atoms with Crippen LogP contribution in [0.4, 0.5) is 5.69 Å². The largest absolute Gasteiger partial charge is 0.489 e. The van der Waals surface area contributed by atoms with Crippen molar-refractivity contribution in [3.05, 3.63) is 101 Å². The fraction of sp³-hybridized carbons (Fsp3) is 0.160. The maximum Gasteiger partial charge on any atom is 0.274 e. The molecule has 0 bridgehead atoms. The van der Waals surface area contributed by atoms with Crippen molar-refractivity contribution in [3.63, 3.8) is 0 Å². The number of ether oxygens (including phenoxy) is 1. The lowest BCUT2D eigenvalue weighted by Gasteiger charge is -2.08. The first-order valence-corrected chi connectivity index (χ1v) is 11.1. The summed E-state index contributed by atoms with van der Waals surface area (Å²) in [6, 6.07) is 17.7. The minimum absolute atomic E-state index is 0.133. The Bertz CT molecular complexity index is 1270. The van der Waals surface area contributed by atoms with E-state index in [1.807, 2.05) is 31.2 Å². The lowest BCUT2D eigenvalue weighted by molar-refractivity contribution is 0.0943. The Kier molecular flexibility index (Phi) is 7.29. The molecule has 2 aromatic carbocycles. The molecule has 0 saturated carbocycles. The number of amides is 2. The van der Waals surface area contributed by atoms with Crippen molar-refractivity contribution in [3.8, 4) is 5.75 Å². The highest BCUT2D eigenvalue weighted by Gasteiger charge is 2.19. The van der Waals surface area contributed by atoms with E-state index >= 15 is 0 Å². The van der Waals surface area contributed by atoms with E-state index in [0.29, 0.717) is 40.9 Å². The van der Waals surface area contributed by atoms with Gasteiger partial charge in [0, 0.05) is 23.3 Å². The second kappa shape index (κ2) is 10.7. The highest BCUT2D eigenvalue weighted by molar-refractivity contribution is 6.30. The van der Waals surface area contributed by atoms with Crippen LogP contribution in [0.3, 0.4) is 0 Å². The van der Waals surface area contributed by atoms with Gasteiger partial charge in [0.1, 0.15) is 18.1 Å². The molecule has 2 amide bonds. The molecule has 0 atom stereocenters. The molecule has 0 radical (unpaired) electrons. The first kappa shape index (κ1) is 23.1. The lowest BCUT2D eigenvalue weighted by Crippen LogP contribution is -2.25. The van der Waals surface area contributed by atoms with Crippen molar-refractivity contribution in [2.45, 2.75) is 26.6 Å². The number of carbonyl (C=O) groups excluding carboxylic acids is 2. The fourth-order valence-corrected chi connectivity index (χ4v) is 3.36. The Morgan fingerprint density at radius 1 is 1.09 bits per heavy atom. The molecule has 2 heterocycles. The Labute approximate surface area is 201 Å². The molecule has 0 aliphatic carbocycles. The minimum atomic E-state index is -0.410. The van der Waals surface area contributed by atoms with Crippen LogP contribution in [0, 0.1) is 0 Å². The molecular weight excluding hydrogens is 456 g/mol. The van der Waals surface area contributed by atoms with Crippen molar-refractivity contribution in [1.29, 1.82) is 0 Å². The van der Waals surface area contributed by atoms with E-state index in [4.69, 9.17) is 20.8 Å². The quantitative estimate of drug-likeness (QED) is 0.356. The average Bonchev–Trinajstić information content (AvgIpc) is 3.51. The molecule has 0 saturated heterocycles. The summed E-state index contributed by atoms with van der Waals surface area (Å²) in [6.07, 6.45) is 3.17. The van der Waals surface area contributed by atoms with Gasteiger partial charge in [-0.1, -0.05) is 29.8 Å². The first-order valence-electron chi connectivity index (χ1n) is 10.7. The van der Waals surface area contributed by atoms with E-state index in [9.17, 15) is 9.59 Å². The summed E-state index contributed by atoms with van der Waals surface area (Å²) in [5.74, 6) is 0.527. The fourth-order valence-electron chi connectivity index (χ4n) is 3.18. The number of rotatable bonds is 9. The molecule has 0 aliphatic rings. The predicted octanol–water partition coefficient (Wildman–Crippen LogP) is 4.91. The van der Waals surface area contributed by atoms with Crippen molar-refractivity contribution in [2.24, 2.45) is 0 Å². The molecule has 9 heteroatoms. The Morgan fingerprint density at radius 3 is 2.62 bits per heavy atom. The zero-order valence-corrected chi connectivity index (χ0v) is 19.2. The number of nitrogens with zero attached hydrogens (tertiary/aromatic N) is 2. The highest BCUT2D eigenvalue weighted by atomic mass is 35.5. The summed E-state index contributed by atoms with van der Waals surface area (Å²) in [5.41, 5.74) is 1.80. The number of aromatic nitrogens is 2. The number of halogens is 1. The third kappa shape index (κ3) is 5.85. The van der Waals surface area contributed by atoms with Gasteiger partial charge in [-0.05, 0) is 55.0 Å². The average molecular weight is 479 g/mol. The van der Waals surface area contributed by atoms with Gasteiger partial charge in [-0.2, -0.15) is 5.10 Å². The van der Waals surface area contributed by atoms with Crippen LogP contribution >= 0.6 is 11.6 Å². The van der Waals surface area contributed by atoms with Crippen LogP contribution in [0.2, 0.25) is 5.02 Å². The monoisotopic (exact) mass is 478 g/mol. The topological polar surface area (TPSA) is 98.4 Å². The van der Waals surface area contributed by atoms with E-state index in [1.54, 1.807) is 47.3 Å². The molecule has 8 nitrogen and oxygen atoms in total. The number of aryl methyl sites for hydroxylation is 1.